The highest BCUT2D eigenvalue weighted by Gasteiger charge is 2.39. The summed E-state index contributed by atoms with van der Waals surface area (Å²) in [4.78, 5) is 25.8. The van der Waals surface area contributed by atoms with E-state index >= 15 is 0 Å². The van der Waals surface area contributed by atoms with Crippen molar-refractivity contribution >= 4 is 17.6 Å². The Morgan fingerprint density at radius 3 is 2.46 bits per heavy atom. The molecule has 1 aliphatic rings. The van der Waals surface area contributed by atoms with Gasteiger partial charge in [0, 0.05) is 12.2 Å². The lowest BCUT2D eigenvalue weighted by Crippen LogP contribution is -2.53. The zero-order valence-corrected chi connectivity index (χ0v) is 13.5. The average Bonchev–Trinajstić information content (AvgIpc) is 2.64. The minimum Gasteiger partial charge on any atom is -0.497 e. The molecule has 1 atom stereocenters. The number of esters is 1. The van der Waals surface area contributed by atoms with Gasteiger partial charge in [-0.05, 0) is 29.8 Å². The average molecular weight is 325 g/mol. The fourth-order valence-electron chi connectivity index (χ4n) is 2.64. The zero-order chi connectivity index (χ0) is 16.9. The smallest absolute Gasteiger partial charge is 0.306 e. The van der Waals surface area contributed by atoms with E-state index in [2.05, 4.69) is 0 Å². The van der Waals surface area contributed by atoms with E-state index in [0.717, 1.165) is 17.0 Å². The molecule has 1 heterocycles. The van der Waals surface area contributed by atoms with Crippen molar-refractivity contribution in [1.29, 1.82) is 0 Å². The number of β-lactam (4-membered cyclic amide) rings is 1. The van der Waals surface area contributed by atoms with E-state index in [1.54, 1.807) is 12.0 Å². The molecule has 0 aromatic heterocycles. The molecule has 124 valence electrons. The molecule has 0 saturated carbocycles. The van der Waals surface area contributed by atoms with Crippen LogP contribution in [0.5, 0.6) is 5.75 Å². The van der Waals surface area contributed by atoms with Gasteiger partial charge in [0.25, 0.3) is 0 Å². The molecule has 1 amide bonds. The number of hydrogen-bond acceptors (Lipinski definition) is 4. The summed E-state index contributed by atoms with van der Waals surface area (Å²) in [7, 11) is 1.60. The fraction of sp³-hybridized carbons (Fsp3) is 0.263. The molecule has 5 nitrogen and oxygen atoms in total. The number of hydrogen-bond donors (Lipinski definition) is 0. The Morgan fingerprint density at radius 1 is 1.12 bits per heavy atom. The van der Waals surface area contributed by atoms with Crippen molar-refractivity contribution in [2.75, 3.05) is 18.6 Å². The summed E-state index contributed by atoms with van der Waals surface area (Å²) in [6.45, 7) is 0.772. The highest BCUT2D eigenvalue weighted by atomic mass is 16.5. The van der Waals surface area contributed by atoms with Gasteiger partial charge in [0.15, 0.2) is 0 Å². The summed E-state index contributed by atoms with van der Waals surface area (Å²) in [6, 6.07) is 16.8. The standard InChI is InChI=1S/C19H19NO4/c1-23-17-9-7-16(8-10-17)20-12-15(19(20)22)11-18(21)24-13-14-5-3-2-4-6-14/h2-10,15H,11-13H2,1H3. The maximum atomic E-state index is 12.2. The van der Waals surface area contributed by atoms with Crippen molar-refractivity contribution in [2.45, 2.75) is 13.0 Å². The van der Waals surface area contributed by atoms with E-state index in [-0.39, 0.29) is 30.8 Å². The van der Waals surface area contributed by atoms with Crippen LogP contribution in [0, 0.1) is 5.92 Å². The zero-order valence-electron chi connectivity index (χ0n) is 13.5. The molecule has 0 spiro atoms. The Labute approximate surface area is 140 Å². The lowest BCUT2D eigenvalue weighted by molar-refractivity contribution is -0.149. The second-order valence-corrected chi connectivity index (χ2v) is 5.69. The van der Waals surface area contributed by atoms with Gasteiger partial charge in [-0.1, -0.05) is 30.3 Å². The van der Waals surface area contributed by atoms with Gasteiger partial charge in [0.05, 0.1) is 19.4 Å². The van der Waals surface area contributed by atoms with Gasteiger partial charge in [-0.2, -0.15) is 0 Å². The van der Waals surface area contributed by atoms with Crippen LogP contribution < -0.4 is 9.64 Å². The van der Waals surface area contributed by atoms with Crippen LogP contribution in [0.1, 0.15) is 12.0 Å². The first kappa shape index (κ1) is 16.1. The SMILES string of the molecule is COc1ccc(N2CC(CC(=O)OCc3ccccc3)C2=O)cc1. The quantitative estimate of drug-likeness (QED) is 0.605. The van der Waals surface area contributed by atoms with E-state index in [4.69, 9.17) is 9.47 Å². The Morgan fingerprint density at radius 2 is 1.83 bits per heavy atom. The lowest BCUT2D eigenvalue weighted by Gasteiger charge is -2.38. The molecule has 2 aromatic carbocycles. The van der Waals surface area contributed by atoms with Crippen molar-refractivity contribution in [1.82, 2.24) is 0 Å². The van der Waals surface area contributed by atoms with E-state index in [1.165, 1.54) is 0 Å². The molecule has 0 bridgehead atoms. The third-order valence-corrected chi connectivity index (χ3v) is 4.06. The van der Waals surface area contributed by atoms with Crippen molar-refractivity contribution in [3.63, 3.8) is 0 Å². The summed E-state index contributed by atoms with van der Waals surface area (Å²) in [6.07, 6.45) is 0.123. The molecule has 24 heavy (non-hydrogen) atoms. The number of carbonyl (C=O) groups excluding carboxylic acids is 2. The number of anilines is 1. The molecule has 0 aliphatic carbocycles. The van der Waals surface area contributed by atoms with Gasteiger partial charge in [-0.25, -0.2) is 0 Å². The number of amides is 1. The Balaban J connectivity index is 1.47. The van der Waals surface area contributed by atoms with E-state index < -0.39 is 0 Å². The minimum atomic E-state index is -0.341. The van der Waals surface area contributed by atoms with Gasteiger partial charge < -0.3 is 14.4 Å². The molecule has 0 radical (unpaired) electrons. The third kappa shape index (κ3) is 3.56. The van der Waals surface area contributed by atoms with Crippen LogP contribution in [0.15, 0.2) is 54.6 Å². The molecule has 1 unspecified atom stereocenters. The Kier molecular flexibility index (Phi) is 4.79. The highest BCUT2D eigenvalue weighted by molar-refractivity contribution is 6.03. The first-order valence-corrected chi connectivity index (χ1v) is 7.82. The molecular weight excluding hydrogens is 306 g/mol. The third-order valence-electron chi connectivity index (χ3n) is 4.06. The molecular formula is C19H19NO4. The Hall–Kier alpha value is -2.82. The summed E-state index contributed by atoms with van der Waals surface area (Å²) >= 11 is 0. The monoisotopic (exact) mass is 325 g/mol. The Bertz CT molecular complexity index is 712. The predicted molar refractivity (Wildman–Crippen MR) is 89.7 cm³/mol. The summed E-state index contributed by atoms with van der Waals surface area (Å²) in [5.74, 6) is 0.0616. The van der Waals surface area contributed by atoms with Crippen molar-refractivity contribution in [3.05, 3.63) is 60.2 Å². The number of ether oxygens (including phenoxy) is 2. The van der Waals surface area contributed by atoms with Crippen molar-refractivity contribution in [2.24, 2.45) is 5.92 Å². The van der Waals surface area contributed by atoms with E-state index in [9.17, 15) is 9.59 Å². The first-order valence-electron chi connectivity index (χ1n) is 7.82. The summed E-state index contributed by atoms with van der Waals surface area (Å²) in [5.41, 5.74) is 1.75. The number of methoxy groups -OCH3 is 1. The molecule has 2 aromatic rings. The van der Waals surface area contributed by atoms with Crippen LogP contribution in [-0.4, -0.2) is 25.5 Å². The molecule has 1 fully saturated rings. The summed E-state index contributed by atoms with van der Waals surface area (Å²) < 4.78 is 10.3. The molecule has 3 rings (SSSR count). The summed E-state index contributed by atoms with van der Waals surface area (Å²) in [5, 5.41) is 0. The van der Waals surface area contributed by atoms with Gasteiger partial charge >= 0.3 is 5.97 Å². The van der Waals surface area contributed by atoms with Crippen molar-refractivity contribution in [3.8, 4) is 5.75 Å². The van der Waals surface area contributed by atoms with Crippen molar-refractivity contribution < 1.29 is 19.1 Å². The highest BCUT2D eigenvalue weighted by Crippen LogP contribution is 2.29. The van der Waals surface area contributed by atoms with Gasteiger partial charge in [-0.15, -0.1) is 0 Å². The molecule has 5 heteroatoms. The molecule has 0 N–H and O–H groups in total. The van der Waals surface area contributed by atoms with Crippen LogP contribution in [0.3, 0.4) is 0 Å². The maximum Gasteiger partial charge on any atom is 0.306 e. The maximum absolute atomic E-state index is 12.2. The fourth-order valence-corrected chi connectivity index (χ4v) is 2.64. The number of benzene rings is 2. The lowest BCUT2D eigenvalue weighted by atomic mass is 9.94. The van der Waals surface area contributed by atoms with E-state index in [0.29, 0.717) is 6.54 Å². The second kappa shape index (κ2) is 7.17. The molecule has 1 saturated heterocycles. The predicted octanol–water partition coefficient (Wildman–Crippen LogP) is 2.79. The first-order chi connectivity index (χ1) is 11.7. The number of rotatable bonds is 6. The van der Waals surface area contributed by atoms with Crippen LogP contribution in [0.2, 0.25) is 0 Å². The van der Waals surface area contributed by atoms with Crippen LogP contribution in [-0.2, 0) is 20.9 Å². The molecule has 1 aliphatic heterocycles. The minimum absolute atomic E-state index is 0.0446. The topological polar surface area (TPSA) is 55.8 Å². The normalized spacial score (nSPS) is 16.5. The van der Waals surface area contributed by atoms with Gasteiger partial charge in [0.1, 0.15) is 12.4 Å². The van der Waals surface area contributed by atoms with Gasteiger partial charge in [0.2, 0.25) is 5.91 Å². The van der Waals surface area contributed by atoms with Crippen LogP contribution >= 0.6 is 0 Å². The number of carbonyl (C=O) groups is 2. The largest absolute Gasteiger partial charge is 0.497 e. The van der Waals surface area contributed by atoms with E-state index in [1.807, 2.05) is 54.6 Å². The second-order valence-electron chi connectivity index (χ2n) is 5.69. The number of nitrogens with zero attached hydrogens (tertiary/aromatic N) is 1. The van der Waals surface area contributed by atoms with Gasteiger partial charge in [-0.3, -0.25) is 9.59 Å². The van der Waals surface area contributed by atoms with Crippen LogP contribution in [0.25, 0.3) is 0 Å². The van der Waals surface area contributed by atoms with Crippen LogP contribution in [0.4, 0.5) is 5.69 Å².